The number of nitrogens with zero attached hydrogens (tertiary/aromatic N) is 1. The quantitative estimate of drug-likeness (QED) is 0.791. The molecule has 1 saturated carbocycles. The summed E-state index contributed by atoms with van der Waals surface area (Å²) in [6.45, 7) is 0. The largest absolute Gasteiger partial charge is 0.389 e. The summed E-state index contributed by atoms with van der Waals surface area (Å²) in [5.74, 6) is 0. The number of likely N-dealkylation sites (N-methyl/N-ethyl adjacent to an activating group) is 1. The lowest BCUT2D eigenvalue weighted by molar-refractivity contribution is -0.138. The van der Waals surface area contributed by atoms with Gasteiger partial charge in [0.2, 0.25) is 0 Å². The number of nitrogens with two attached hydrogens (primary N) is 1. The molecule has 1 atom stereocenters. The molecule has 1 aliphatic rings. The molecule has 0 bridgehead atoms. The summed E-state index contributed by atoms with van der Waals surface area (Å²) in [4.78, 5) is 2.05. The second-order valence-corrected chi connectivity index (χ2v) is 5.67. The molecule has 5 heteroatoms. The van der Waals surface area contributed by atoms with Crippen molar-refractivity contribution in [2.24, 2.45) is 5.73 Å². The summed E-state index contributed by atoms with van der Waals surface area (Å²) in [5, 5.41) is 0. The molecular weight excluding hydrogens is 241 g/mol. The van der Waals surface area contributed by atoms with Crippen LogP contribution in [0.2, 0.25) is 0 Å². The Kier molecular flexibility index (Phi) is 5.46. The van der Waals surface area contributed by atoms with Crippen molar-refractivity contribution in [3.63, 3.8) is 0 Å². The summed E-state index contributed by atoms with van der Waals surface area (Å²) in [6, 6.07) is -0.396. The maximum Gasteiger partial charge on any atom is 0.389 e. The van der Waals surface area contributed by atoms with Gasteiger partial charge in [-0.05, 0) is 33.4 Å². The van der Waals surface area contributed by atoms with E-state index in [0.717, 1.165) is 25.7 Å². The van der Waals surface area contributed by atoms with E-state index in [4.69, 9.17) is 5.73 Å². The van der Waals surface area contributed by atoms with Gasteiger partial charge in [0.05, 0.1) is 0 Å². The van der Waals surface area contributed by atoms with E-state index in [1.54, 1.807) is 0 Å². The Labute approximate surface area is 108 Å². The van der Waals surface area contributed by atoms with Gasteiger partial charge in [0.1, 0.15) is 0 Å². The van der Waals surface area contributed by atoms with Crippen molar-refractivity contribution in [1.82, 2.24) is 4.90 Å². The van der Waals surface area contributed by atoms with Gasteiger partial charge in [-0.1, -0.05) is 25.7 Å². The Balaban J connectivity index is 2.70. The van der Waals surface area contributed by atoms with Crippen molar-refractivity contribution in [2.75, 3.05) is 14.1 Å². The highest BCUT2D eigenvalue weighted by Gasteiger charge is 2.40. The topological polar surface area (TPSA) is 29.3 Å². The third-order valence-electron chi connectivity index (χ3n) is 4.29. The predicted molar refractivity (Wildman–Crippen MR) is 67.4 cm³/mol. The highest BCUT2D eigenvalue weighted by Crippen LogP contribution is 2.36. The predicted octanol–water partition coefficient (Wildman–Crippen LogP) is 3.31. The van der Waals surface area contributed by atoms with E-state index in [9.17, 15) is 13.2 Å². The number of alkyl halides is 3. The second-order valence-electron chi connectivity index (χ2n) is 5.67. The third kappa shape index (κ3) is 4.12. The van der Waals surface area contributed by atoms with Crippen LogP contribution in [0.4, 0.5) is 13.2 Å². The van der Waals surface area contributed by atoms with Crippen LogP contribution in [0.25, 0.3) is 0 Å². The van der Waals surface area contributed by atoms with Gasteiger partial charge in [-0.25, -0.2) is 0 Å². The SMILES string of the molecule is CN(C)C1(C(N)CCC(F)(F)F)CCCCCC1. The Hall–Kier alpha value is -0.290. The molecule has 2 nitrogen and oxygen atoms in total. The lowest BCUT2D eigenvalue weighted by Gasteiger charge is -2.44. The summed E-state index contributed by atoms with van der Waals surface area (Å²) < 4.78 is 37.0. The molecule has 0 aromatic heterocycles. The number of hydrogen-bond donors (Lipinski definition) is 1. The zero-order valence-corrected chi connectivity index (χ0v) is 11.4. The van der Waals surface area contributed by atoms with Crippen LogP contribution < -0.4 is 5.73 Å². The maximum absolute atomic E-state index is 12.3. The molecule has 1 fully saturated rings. The third-order valence-corrected chi connectivity index (χ3v) is 4.29. The molecule has 1 rings (SSSR count). The van der Waals surface area contributed by atoms with Crippen molar-refractivity contribution in [3.8, 4) is 0 Å². The summed E-state index contributed by atoms with van der Waals surface area (Å²) >= 11 is 0. The van der Waals surface area contributed by atoms with E-state index in [1.807, 2.05) is 14.1 Å². The molecule has 1 aliphatic carbocycles. The zero-order valence-electron chi connectivity index (χ0n) is 11.4. The Morgan fingerprint density at radius 2 is 1.61 bits per heavy atom. The number of hydrogen-bond acceptors (Lipinski definition) is 2. The molecule has 0 amide bonds. The molecule has 0 aromatic rings. The van der Waals surface area contributed by atoms with Crippen LogP contribution in [-0.4, -0.2) is 36.8 Å². The Bertz CT molecular complexity index is 243. The first-order chi connectivity index (χ1) is 8.28. The molecule has 2 N–H and O–H groups in total. The minimum atomic E-state index is -4.10. The smallest absolute Gasteiger partial charge is 0.326 e. The number of halogens is 3. The van der Waals surface area contributed by atoms with Crippen LogP contribution in [0, 0.1) is 0 Å². The van der Waals surface area contributed by atoms with Crippen LogP contribution in [-0.2, 0) is 0 Å². The minimum Gasteiger partial charge on any atom is -0.326 e. The molecule has 108 valence electrons. The fourth-order valence-electron chi connectivity index (χ4n) is 3.08. The molecule has 0 spiro atoms. The number of rotatable bonds is 4. The van der Waals surface area contributed by atoms with Crippen LogP contribution in [0.15, 0.2) is 0 Å². The summed E-state index contributed by atoms with van der Waals surface area (Å²) in [6.07, 6.45) is 1.46. The summed E-state index contributed by atoms with van der Waals surface area (Å²) in [7, 11) is 3.89. The lowest BCUT2D eigenvalue weighted by atomic mass is 9.80. The first-order valence-electron chi connectivity index (χ1n) is 6.78. The van der Waals surface area contributed by atoms with Crippen molar-refractivity contribution in [1.29, 1.82) is 0 Å². The van der Waals surface area contributed by atoms with Crippen LogP contribution in [0.3, 0.4) is 0 Å². The van der Waals surface area contributed by atoms with Gasteiger partial charge in [0, 0.05) is 18.0 Å². The van der Waals surface area contributed by atoms with E-state index < -0.39 is 18.6 Å². The molecular formula is C13H25F3N2. The van der Waals surface area contributed by atoms with Gasteiger partial charge >= 0.3 is 6.18 Å². The molecule has 0 heterocycles. The standard InChI is InChI=1S/C13H25F3N2/c1-18(2)12(8-5-3-4-6-9-12)11(17)7-10-13(14,15)16/h11H,3-10,17H2,1-2H3. The van der Waals surface area contributed by atoms with E-state index in [0.29, 0.717) is 0 Å². The van der Waals surface area contributed by atoms with Crippen LogP contribution in [0.1, 0.15) is 51.4 Å². The maximum atomic E-state index is 12.3. The van der Waals surface area contributed by atoms with E-state index in [1.165, 1.54) is 12.8 Å². The summed E-state index contributed by atoms with van der Waals surface area (Å²) in [5.41, 5.74) is 5.87. The highest BCUT2D eigenvalue weighted by molar-refractivity contribution is 4.98. The molecule has 0 aromatic carbocycles. The average molecular weight is 266 g/mol. The van der Waals surface area contributed by atoms with E-state index >= 15 is 0 Å². The van der Waals surface area contributed by atoms with Crippen LogP contribution in [0.5, 0.6) is 0 Å². The molecule has 1 unspecified atom stereocenters. The first kappa shape index (κ1) is 15.8. The normalized spacial score (nSPS) is 22.8. The molecule has 18 heavy (non-hydrogen) atoms. The van der Waals surface area contributed by atoms with E-state index in [-0.39, 0.29) is 12.0 Å². The van der Waals surface area contributed by atoms with Crippen molar-refractivity contribution in [2.45, 2.75) is 69.1 Å². The molecule has 0 saturated heterocycles. The fraction of sp³-hybridized carbons (Fsp3) is 1.00. The average Bonchev–Trinajstić information content (AvgIpc) is 2.51. The highest BCUT2D eigenvalue weighted by atomic mass is 19.4. The molecule has 0 aliphatic heterocycles. The van der Waals surface area contributed by atoms with Crippen molar-refractivity contribution >= 4 is 0 Å². The van der Waals surface area contributed by atoms with Gasteiger partial charge in [-0.3, -0.25) is 0 Å². The second kappa shape index (κ2) is 6.24. The van der Waals surface area contributed by atoms with Crippen LogP contribution >= 0.6 is 0 Å². The van der Waals surface area contributed by atoms with Gasteiger partial charge in [-0.15, -0.1) is 0 Å². The van der Waals surface area contributed by atoms with Gasteiger partial charge in [0.15, 0.2) is 0 Å². The van der Waals surface area contributed by atoms with E-state index in [2.05, 4.69) is 4.90 Å². The monoisotopic (exact) mass is 266 g/mol. The zero-order chi connectivity index (χ0) is 13.8. The lowest BCUT2D eigenvalue weighted by Crippen LogP contribution is -2.57. The first-order valence-corrected chi connectivity index (χ1v) is 6.78. The Morgan fingerprint density at radius 1 is 1.11 bits per heavy atom. The van der Waals surface area contributed by atoms with Crippen molar-refractivity contribution in [3.05, 3.63) is 0 Å². The van der Waals surface area contributed by atoms with Crippen molar-refractivity contribution < 1.29 is 13.2 Å². The van der Waals surface area contributed by atoms with Gasteiger partial charge in [-0.2, -0.15) is 13.2 Å². The van der Waals surface area contributed by atoms with Gasteiger partial charge in [0.25, 0.3) is 0 Å². The fourth-order valence-corrected chi connectivity index (χ4v) is 3.08. The minimum absolute atomic E-state index is 0.0294. The molecule has 0 radical (unpaired) electrons. The Morgan fingerprint density at radius 3 is 2.00 bits per heavy atom. The van der Waals surface area contributed by atoms with Gasteiger partial charge < -0.3 is 10.6 Å².